The molecular weight excluding hydrogens is 192 g/mol. The van der Waals surface area contributed by atoms with Crippen molar-refractivity contribution < 1.29 is 30.3 Å². The minimum Gasteiger partial charge on any atom is -0.504 e. The van der Waals surface area contributed by atoms with Gasteiger partial charge in [-0.1, -0.05) is 0 Å². The van der Waals surface area contributed by atoms with Crippen molar-refractivity contribution in [3.05, 3.63) is 23.7 Å². The van der Waals surface area contributed by atoms with Crippen LogP contribution in [0.3, 0.4) is 0 Å². The Morgan fingerprint density at radius 3 is 2.64 bits per heavy atom. The van der Waals surface area contributed by atoms with Crippen LogP contribution in [0, 0.1) is 0 Å². The molecule has 0 aliphatic carbocycles. The van der Waals surface area contributed by atoms with E-state index in [-0.39, 0.29) is 6.61 Å². The minimum atomic E-state index is -2.09. The first kappa shape index (κ1) is 11.0. The molecule has 0 amide bonds. The van der Waals surface area contributed by atoms with Gasteiger partial charge in [-0.15, -0.1) is 0 Å². The van der Waals surface area contributed by atoms with Crippen LogP contribution in [-0.4, -0.2) is 50.6 Å². The summed E-state index contributed by atoms with van der Waals surface area (Å²) in [6.45, 7) is -1.10. The Labute approximate surface area is 80.0 Å². The summed E-state index contributed by atoms with van der Waals surface area (Å²) in [6, 6.07) is 0. The summed E-state index contributed by atoms with van der Waals surface area (Å²) < 4.78 is 4.71. The van der Waals surface area contributed by atoms with Crippen LogP contribution in [0.15, 0.2) is 23.7 Å². The molecule has 0 aromatic heterocycles. The Morgan fingerprint density at radius 1 is 1.43 bits per heavy atom. The first-order valence-electron chi connectivity index (χ1n) is 3.95. The van der Waals surface area contributed by atoms with E-state index in [1.807, 2.05) is 0 Å². The predicted molar refractivity (Wildman–Crippen MR) is 45.4 cm³/mol. The fraction of sp³-hybridized carbons (Fsp3) is 0.500. The van der Waals surface area contributed by atoms with Gasteiger partial charge >= 0.3 is 0 Å². The number of aliphatic hydroxyl groups is 5. The average Bonchev–Trinajstić information content (AvgIpc) is 2.13. The largest absolute Gasteiger partial charge is 0.504 e. The highest BCUT2D eigenvalue weighted by atomic mass is 16.6. The molecule has 1 aliphatic heterocycles. The Kier molecular flexibility index (Phi) is 3.12. The lowest BCUT2D eigenvalue weighted by Crippen LogP contribution is -2.38. The van der Waals surface area contributed by atoms with Crippen molar-refractivity contribution in [3.63, 3.8) is 0 Å². The first-order valence-corrected chi connectivity index (χ1v) is 3.95. The molecule has 14 heavy (non-hydrogen) atoms. The second-order valence-electron chi connectivity index (χ2n) is 2.96. The third-order valence-corrected chi connectivity index (χ3v) is 1.71. The van der Waals surface area contributed by atoms with Gasteiger partial charge < -0.3 is 30.3 Å². The predicted octanol–water partition coefficient (Wildman–Crippen LogP) is -1.06. The Balaban J connectivity index is 2.99. The van der Waals surface area contributed by atoms with Gasteiger partial charge in [0.05, 0.1) is 12.7 Å². The highest BCUT2D eigenvalue weighted by molar-refractivity contribution is 5.22. The first-order chi connectivity index (χ1) is 6.47. The average molecular weight is 204 g/mol. The van der Waals surface area contributed by atoms with E-state index in [9.17, 15) is 5.11 Å². The Hall–Kier alpha value is -1.08. The molecule has 1 heterocycles. The van der Waals surface area contributed by atoms with E-state index in [1.54, 1.807) is 0 Å². The lowest BCUT2D eigenvalue weighted by Gasteiger charge is -2.25. The molecule has 2 unspecified atom stereocenters. The van der Waals surface area contributed by atoms with Crippen molar-refractivity contribution in [2.75, 3.05) is 13.2 Å². The SMILES string of the molecule is OCC1(O)C=C(O)C(O)=CC(O)CO1. The topological polar surface area (TPSA) is 110 Å². The molecule has 0 aromatic carbocycles. The molecule has 0 saturated carbocycles. The van der Waals surface area contributed by atoms with Crippen LogP contribution in [-0.2, 0) is 4.74 Å². The summed E-state index contributed by atoms with van der Waals surface area (Å²) in [6.07, 6.45) is 0.553. The number of hydrogen-bond acceptors (Lipinski definition) is 6. The summed E-state index contributed by atoms with van der Waals surface area (Å²) in [7, 11) is 0. The van der Waals surface area contributed by atoms with Crippen LogP contribution in [0.2, 0.25) is 0 Å². The monoisotopic (exact) mass is 204 g/mol. The molecule has 0 aromatic rings. The van der Waals surface area contributed by atoms with Gasteiger partial charge in [-0.3, -0.25) is 0 Å². The van der Waals surface area contributed by atoms with Crippen LogP contribution in [0.1, 0.15) is 0 Å². The van der Waals surface area contributed by atoms with Crippen molar-refractivity contribution in [2.24, 2.45) is 0 Å². The fourth-order valence-electron chi connectivity index (χ4n) is 0.966. The molecule has 2 atom stereocenters. The molecule has 0 bridgehead atoms. The number of hydrogen-bond donors (Lipinski definition) is 5. The molecule has 0 radical (unpaired) electrons. The molecule has 0 saturated heterocycles. The van der Waals surface area contributed by atoms with E-state index in [0.29, 0.717) is 0 Å². The normalized spacial score (nSPS) is 34.1. The highest BCUT2D eigenvalue weighted by Crippen LogP contribution is 2.17. The van der Waals surface area contributed by atoms with Crippen molar-refractivity contribution in [3.8, 4) is 0 Å². The summed E-state index contributed by atoms with van der Waals surface area (Å²) >= 11 is 0. The standard InChI is InChI=1S/C8H12O6/c9-4-8(13)2-7(12)6(11)1-5(10)3-14-8/h1-2,5,9-13H,3-4H2. The molecule has 5 N–H and O–H groups in total. The fourth-order valence-corrected chi connectivity index (χ4v) is 0.966. The van der Waals surface area contributed by atoms with Crippen LogP contribution >= 0.6 is 0 Å². The summed E-state index contributed by atoms with van der Waals surface area (Å²) in [5, 5.41) is 45.6. The molecule has 6 heteroatoms. The molecular formula is C8H12O6. The van der Waals surface area contributed by atoms with Crippen molar-refractivity contribution in [1.29, 1.82) is 0 Å². The molecule has 1 aliphatic rings. The lowest BCUT2D eigenvalue weighted by atomic mass is 10.2. The van der Waals surface area contributed by atoms with Gasteiger partial charge in [-0.05, 0) is 6.08 Å². The zero-order valence-corrected chi connectivity index (χ0v) is 7.29. The molecule has 1 rings (SSSR count). The maximum absolute atomic E-state index is 9.43. The van der Waals surface area contributed by atoms with Crippen molar-refractivity contribution >= 4 is 0 Å². The second-order valence-corrected chi connectivity index (χ2v) is 2.96. The van der Waals surface area contributed by atoms with E-state index < -0.39 is 30.0 Å². The van der Waals surface area contributed by atoms with Crippen LogP contribution in [0.5, 0.6) is 0 Å². The van der Waals surface area contributed by atoms with E-state index in [0.717, 1.165) is 12.2 Å². The summed E-state index contributed by atoms with van der Waals surface area (Å²) in [4.78, 5) is 0. The number of rotatable bonds is 1. The zero-order chi connectivity index (χ0) is 10.8. The van der Waals surface area contributed by atoms with E-state index in [4.69, 9.17) is 25.2 Å². The third-order valence-electron chi connectivity index (χ3n) is 1.71. The highest BCUT2D eigenvalue weighted by Gasteiger charge is 2.28. The Bertz CT molecular complexity index is 271. The van der Waals surface area contributed by atoms with Crippen molar-refractivity contribution in [1.82, 2.24) is 0 Å². The van der Waals surface area contributed by atoms with Gasteiger partial charge in [0.1, 0.15) is 6.61 Å². The van der Waals surface area contributed by atoms with Gasteiger partial charge in [0.25, 0.3) is 0 Å². The van der Waals surface area contributed by atoms with Crippen LogP contribution in [0.25, 0.3) is 0 Å². The van der Waals surface area contributed by atoms with Gasteiger partial charge in [0.2, 0.25) is 5.79 Å². The van der Waals surface area contributed by atoms with Gasteiger partial charge in [-0.2, -0.15) is 0 Å². The minimum absolute atomic E-state index is 0.301. The zero-order valence-electron chi connectivity index (χ0n) is 7.29. The number of ether oxygens (including phenoxy) is 1. The van der Waals surface area contributed by atoms with Gasteiger partial charge in [0, 0.05) is 6.08 Å². The van der Waals surface area contributed by atoms with E-state index in [2.05, 4.69) is 0 Å². The van der Waals surface area contributed by atoms with Gasteiger partial charge in [0.15, 0.2) is 11.5 Å². The third kappa shape index (κ3) is 2.46. The van der Waals surface area contributed by atoms with Crippen LogP contribution < -0.4 is 0 Å². The molecule has 6 nitrogen and oxygen atoms in total. The quantitative estimate of drug-likeness (QED) is 0.372. The smallest absolute Gasteiger partial charge is 0.213 e. The lowest BCUT2D eigenvalue weighted by molar-refractivity contribution is -0.200. The molecule has 80 valence electrons. The molecule has 0 spiro atoms. The summed E-state index contributed by atoms with van der Waals surface area (Å²) in [5.41, 5.74) is 0. The maximum Gasteiger partial charge on any atom is 0.213 e. The van der Waals surface area contributed by atoms with E-state index >= 15 is 0 Å². The van der Waals surface area contributed by atoms with Crippen molar-refractivity contribution in [2.45, 2.75) is 11.9 Å². The van der Waals surface area contributed by atoms with Gasteiger partial charge in [-0.25, -0.2) is 0 Å². The van der Waals surface area contributed by atoms with E-state index in [1.165, 1.54) is 0 Å². The summed E-state index contributed by atoms with van der Waals surface area (Å²) in [5.74, 6) is -3.33. The van der Waals surface area contributed by atoms with Crippen LogP contribution in [0.4, 0.5) is 0 Å². The Morgan fingerprint density at radius 2 is 2.07 bits per heavy atom. The molecule has 0 fully saturated rings. The second kappa shape index (κ2) is 3.97. The maximum atomic E-state index is 9.43. The number of aliphatic hydroxyl groups excluding tert-OH is 4.